The number of allylic oxidation sites excluding steroid dienone is 1. The SMILES string of the molecule is CC1=C(C(=O)Nc2ccc(C)cc2C)[C@H](c2cccc(OCc3ccc(Cl)cc3)c2)NC(=S)N1. The van der Waals surface area contributed by atoms with Gasteiger partial charge in [0.05, 0.1) is 11.6 Å². The zero-order chi connectivity index (χ0) is 24.2. The molecule has 0 radical (unpaired) electrons. The Hall–Kier alpha value is -3.35. The van der Waals surface area contributed by atoms with Crippen LogP contribution in [-0.2, 0) is 11.4 Å². The number of ether oxygens (including phenoxy) is 1. The number of carbonyl (C=O) groups is 1. The number of nitrogens with one attached hydrogen (secondary N) is 3. The number of rotatable bonds is 6. The molecule has 4 rings (SSSR count). The summed E-state index contributed by atoms with van der Waals surface area (Å²) >= 11 is 11.4. The minimum atomic E-state index is -0.418. The smallest absolute Gasteiger partial charge is 0.255 e. The number of halogens is 1. The van der Waals surface area contributed by atoms with E-state index in [1.807, 2.05) is 87.5 Å². The molecular weight excluding hydrogens is 466 g/mol. The van der Waals surface area contributed by atoms with Crippen LogP contribution in [0.3, 0.4) is 0 Å². The molecule has 0 saturated heterocycles. The van der Waals surface area contributed by atoms with Gasteiger partial charge in [0.1, 0.15) is 12.4 Å². The molecule has 34 heavy (non-hydrogen) atoms. The second-order valence-electron chi connectivity index (χ2n) is 8.33. The molecular formula is C27H26ClN3O2S. The summed E-state index contributed by atoms with van der Waals surface area (Å²) in [6.45, 7) is 6.28. The molecule has 3 aromatic carbocycles. The normalized spacial score (nSPS) is 15.4. The van der Waals surface area contributed by atoms with Crippen LogP contribution in [0.15, 0.2) is 78.0 Å². The molecule has 1 aliphatic rings. The predicted octanol–water partition coefficient (Wildman–Crippen LogP) is 5.97. The van der Waals surface area contributed by atoms with Crippen molar-refractivity contribution in [2.45, 2.75) is 33.4 Å². The summed E-state index contributed by atoms with van der Waals surface area (Å²) in [6.07, 6.45) is 0. The highest BCUT2D eigenvalue weighted by Gasteiger charge is 2.30. The minimum Gasteiger partial charge on any atom is -0.489 e. The van der Waals surface area contributed by atoms with Gasteiger partial charge in [-0.2, -0.15) is 0 Å². The molecule has 3 N–H and O–H groups in total. The van der Waals surface area contributed by atoms with E-state index in [-0.39, 0.29) is 5.91 Å². The molecule has 0 spiro atoms. The lowest BCUT2D eigenvalue weighted by molar-refractivity contribution is -0.113. The van der Waals surface area contributed by atoms with Gasteiger partial charge in [0.25, 0.3) is 5.91 Å². The summed E-state index contributed by atoms with van der Waals surface area (Å²) in [6, 6.07) is 20.8. The zero-order valence-corrected chi connectivity index (χ0v) is 20.8. The van der Waals surface area contributed by atoms with Gasteiger partial charge >= 0.3 is 0 Å². The molecule has 0 bridgehead atoms. The van der Waals surface area contributed by atoms with Crippen LogP contribution in [-0.4, -0.2) is 11.0 Å². The summed E-state index contributed by atoms with van der Waals surface area (Å²) in [4.78, 5) is 13.4. The Balaban J connectivity index is 1.57. The monoisotopic (exact) mass is 491 g/mol. The van der Waals surface area contributed by atoms with Crippen LogP contribution in [0, 0.1) is 13.8 Å². The predicted molar refractivity (Wildman–Crippen MR) is 141 cm³/mol. The molecule has 174 valence electrons. The number of thiocarbonyl (C=S) groups is 1. The van der Waals surface area contributed by atoms with E-state index in [4.69, 9.17) is 28.6 Å². The zero-order valence-electron chi connectivity index (χ0n) is 19.2. The van der Waals surface area contributed by atoms with E-state index >= 15 is 0 Å². The van der Waals surface area contributed by atoms with Crippen molar-refractivity contribution in [3.63, 3.8) is 0 Å². The number of hydrogen-bond donors (Lipinski definition) is 3. The van der Waals surface area contributed by atoms with Crippen LogP contribution < -0.4 is 20.7 Å². The van der Waals surface area contributed by atoms with Crippen LogP contribution in [0.25, 0.3) is 0 Å². The largest absolute Gasteiger partial charge is 0.489 e. The third-order valence-corrected chi connectivity index (χ3v) is 6.13. The first-order chi connectivity index (χ1) is 16.3. The summed E-state index contributed by atoms with van der Waals surface area (Å²) in [7, 11) is 0. The number of benzene rings is 3. The van der Waals surface area contributed by atoms with Crippen LogP contribution in [0.5, 0.6) is 5.75 Å². The minimum absolute atomic E-state index is 0.190. The first-order valence-corrected chi connectivity index (χ1v) is 11.7. The third-order valence-electron chi connectivity index (χ3n) is 5.65. The van der Waals surface area contributed by atoms with E-state index in [1.54, 1.807) is 0 Å². The highest BCUT2D eigenvalue weighted by atomic mass is 35.5. The summed E-state index contributed by atoms with van der Waals surface area (Å²) in [5, 5.41) is 10.5. The van der Waals surface area contributed by atoms with Crippen LogP contribution >= 0.6 is 23.8 Å². The fourth-order valence-corrected chi connectivity index (χ4v) is 4.32. The number of anilines is 1. The quantitative estimate of drug-likeness (QED) is 0.371. The van der Waals surface area contributed by atoms with Gasteiger partial charge in [-0.1, -0.05) is 53.6 Å². The van der Waals surface area contributed by atoms with Gasteiger partial charge in [0, 0.05) is 16.4 Å². The molecule has 0 fully saturated rings. The molecule has 7 heteroatoms. The van der Waals surface area contributed by atoms with Gasteiger partial charge in [-0.3, -0.25) is 4.79 Å². The van der Waals surface area contributed by atoms with Gasteiger partial charge in [0.15, 0.2) is 5.11 Å². The van der Waals surface area contributed by atoms with E-state index in [0.29, 0.717) is 33.8 Å². The third kappa shape index (κ3) is 5.58. The number of carbonyl (C=O) groups excluding carboxylic acids is 1. The van der Waals surface area contributed by atoms with E-state index in [9.17, 15) is 4.79 Å². The molecule has 1 aliphatic heterocycles. The van der Waals surface area contributed by atoms with E-state index in [1.165, 1.54) is 0 Å². The molecule has 5 nitrogen and oxygen atoms in total. The molecule has 1 atom stereocenters. The molecule has 0 aromatic heterocycles. The molecule has 1 amide bonds. The van der Waals surface area contributed by atoms with Gasteiger partial charge in [-0.05, 0) is 80.0 Å². The van der Waals surface area contributed by atoms with Crippen molar-refractivity contribution >= 4 is 40.5 Å². The van der Waals surface area contributed by atoms with Crippen molar-refractivity contribution in [2.24, 2.45) is 0 Å². The maximum atomic E-state index is 13.4. The molecule has 3 aromatic rings. The highest BCUT2D eigenvalue weighted by molar-refractivity contribution is 7.80. The van der Waals surface area contributed by atoms with Gasteiger partial charge in [-0.25, -0.2) is 0 Å². The summed E-state index contributed by atoms with van der Waals surface area (Å²) < 4.78 is 6.00. The fourth-order valence-electron chi connectivity index (χ4n) is 3.92. The Labute approximate surface area is 210 Å². The number of hydrogen-bond acceptors (Lipinski definition) is 3. The molecule has 0 saturated carbocycles. The average Bonchev–Trinajstić information content (AvgIpc) is 2.80. The van der Waals surface area contributed by atoms with Gasteiger partial charge in [-0.15, -0.1) is 0 Å². The Morgan fingerprint density at radius 2 is 1.82 bits per heavy atom. The number of aryl methyl sites for hydroxylation is 2. The van der Waals surface area contributed by atoms with Crippen LogP contribution in [0.1, 0.15) is 35.2 Å². The first-order valence-electron chi connectivity index (χ1n) is 10.9. The maximum absolute atomic E-state index is 13.4. The van der Waals surface area contributed by atoms with Gasteiger partial charge in [0.2, 0.25) is 0 Å². The second kappa shape index (κ2) is 10.3. The Morgan fingerprint density at radius 1 is 1.06 bits per heavy atom. The standard InChI is InChI=1S/C27H26ClN3O2S/c1-16-7-12-23(17(2)13-16)30-26(32)24-18(3)29-27(34)31-25(24)20-5-4-6-22(14-20)33-15-19-8-10-21(28)11-9-19/h4-14,25H,15H2,1-3H3,(H,30,32)(H2,29,31,34)/t25-/m0/s1. The highest BCUT2D eigenvalue weighted by Crippen LogP contribution is 2.30. The molecule has 0 unspecified atom stereocenters. The van der Waals surface area contributed by atoms with E-state index in [2.05, 4.69) is 16.0 Å². The summed E-state index contributed by atoms with van der Waals surface area (Å²) in [5.41, 5.74) is 6.11. The van der Waals surface area contributed by atoms with Crippen molar-refractivity contribution < 1.29 is 9.53 Å². The van der Waals surface area contributed by atoms with Crippen molar-refractivity contribution in [1.82, 2.24) is 10.6 Å². The average molecular weight is 492 g/mol. The lowest BCUT2D eigenvalue weighted by atomic mass is 9.94. The van der Waals surface area contributed by atoms with Crippen LogP contribution in [0.2, 0.25) is 5.02 Å². The fraction of sp³-hybridized carbons (Fsp3) is 0.185. The molecule has 1 heterocycles. The van der Waals surface area contributed by atoms with Crippen molar-refractivity contribution in [2.75, 3.05) is 5.32 Å². The first kappa shape index (κ1) is 23.8. The van der Waals surface area contributed by atoms with Crippen molar-refractivity contribution in [1.29, 1.82) is 0 Å². The Kier molecular flexibility index (Phi) is 7.20. The summed E-state index contributed by atoms with van der Waals surface area (Å²) in [5.74, 6) is 0.509. The van der Waals surface area contributed by atoms with E-state index < -0.39 is 6.04 Å². The van der Waals surface area contributed by atoms with Crippen molar-refractivity contribution in [3.05, 3.63) is 105 Å². The van der Waals surface area contributed by atoms with Gasteiger partial charge < -0.3 is 20.7 Å². The van der Waals surface area contributed by atoms with Crippen LogP contribution in [0.4, 0.5) is 5.69 Å². The van der Waals surface area contributed by atoms with E-state index in [0.717, 1.165) is 27.9 Å². The molecule has 0 aliphatic carbocycles. The van der Waals surface area contributed by atoms with Crippen molar-refractivity contribution in [3.8, 4) is 5.75 Å². The lowest BCUT2D eigenvalue weighted by Crippen LogP contribution is -2.45. The topological polar surface area (TPSA) is 62.4 Å². The Bertz CT molecular complexity index is 1270. The lowest BCUT2D eigenvalue weighted by Gasteiger charge is -2.30. The Morgan fingerprint density at radius 3 is 2.56 bits per heavy atom. The number of amides is 1. The maximum Gasteiger partial charge on any atom is 0.255 e. The second-order valence-corrected chi connectivity index (χ2v) is 9.17.